The number of aromatic nitrogens is 1. The Morgan fingerprint density at radius 2 is 2.25 bits per heavy atom. The Hall–Kier alpha value is -0.970. The Balaban J connectivity index is 2.38. The summed E-state index contributed by atoms with van der Waals surface area (Å²) in [5.74, 6) is 6.24. The number of nitrogens with two attached hydrogens (primary N) is 1. The highest BCUT2D eigenvalue weighted by Crippen LogP contribution is 2.39. The summed E-state index contributed by atoms with van der Waals surface area (Å²) >= 11 is 0. The normalized spacial score (nSPS) is 20.5. The molecule has 0 bridgehead atoms. The molecule has 0 aliphatic heterocycles. The van der Waals surface area contributed by atoms with Crippen LogP contribution in [-0.2, 0) is 11.2 Å². The third-order valence-electron chi connectivity index (χ3n) is 4.99. The molecule has 20 heavy (non-hydrogen) atoms. The Morgan fingerprint density at radius 3 is 2.85 bits per heavy atom. The molecular formula is C16H27N3O. The summed E-state index contributed by atoms with van der Waals surface area (Å²) in [5.41, 5.74) is 5.37. The number of methoxy groups -OCH3 is 1. The van der Waals surface area contributed by atoms with Crippen molar-refractivity contribution in [3.8, 4) is 0 Å². The van der Waals surface area contributed by atoms with Crippen LogP contribution in [-0.4, -0.2) is 23.7 Å². The predicted molar refractivity (Wildman–Crippen MR) is 81.3 cm³/mol. The van der Waals surface area contributed by atoms with Crippen LogP contribution in [0.1, 0.15) is 56.7 Å². The molecule has 0 amide bonds. The van der Waals surface area contributed by atoms with E-state index < -0.39 is 0 Å². The molecule has 112 valence electrons. The molecule has 1 aromatic rings. The summed E-state index contributed by atoms with van der Waals surface area (Å²) in [7, 11) is 1.79. The predicted octanol–water partition coefficient (Wildman–Crippen LogP) is 2.54. The minimum absolute atomic E-state index is 0.0939. The van der Waals surface area contributed by atoms with E-state index in [0.717, 1.165) is 25.7 Å². The number of rotatable bonds is 6. The molecular weight excluding hydrogens is 250 g/mol. The second-order valence-electron chi connectivity index (χ2n) is 5.67. The van der Waals surface area contributed by atoms with Gasteiger partial charge in [0.15, 0.2) is 0 Å². The van der Waals surface area contributed by atoms with E-state index in [1.165, 1.54) is 17.7 Å². The maximum Gasteiger partial charge on any atom is 0.0845 e. The van der Waals surface area contributed by atoms with Gasteiger partial charge in [-0.1, -0.05) is 19.9 Å². The van der Waals surface area contributed by atoms with E-state index in [1.807, 2.05) is 12.3 Å². The van der Waals surface area contributed by atoms with Crippen molar-refractivity contribution in [3.05, 3.63) is 29.6 Å². The van der Waals surface area contributed by atoms with Crippen molar-refractivity contribution >= 4 is 0 Å². The average Bonchev–Trinajstić information content (AvgIpc) is 2.52. The van der Waals surface area contributed by atoms with E-state index >= 15 is 0 Å². The van der Waals surface area contributed by atoms with Crippen LogP contribution in [0.3, 0.4) is 0 Å². The summed E-state index contributed by atoms with van der Waals surface area (Å²) < 4.78 is 5.89. The van der Waals surface area contributed by atoms with Gasteiger partial charge < -0.3 is 4.74 Å². The lowest BCUT2D eigenvalue weighted by Gasteiger charge is -2.43. The largest absolute Gasteiger partial charge is 0.377 e. The highest BCUT2D eigenvalue weighted by Gasteiger charge is 2.42. The van der Waals surface area contributed by atoms with Crippen molar-refractivity contribution in [3.63, 3.8) is 0 Å². The molecule has 1 aromatic heterocycles. The maximum atomic E-state index is 5.92. The second kappa shape index (κ2) is 6.66. The molecule has 1 aliphatic rings. The van der Waals surface area contributed by atoms with E-state index in [2.05, 4.69) is 30.3 Å². The summed E-state index contributed by atoms with van der Waals surface area (Å²) in [6.45, 7) is 4.33. The third-order valence-corrected chi connectivity index (χ3v) is 4.99. The Labute approximate surface area is 122 Å². The van der Waals surface area contributed by atoms with Gasteiger partial charge in [0.25, 0.3) is 0 Å². The van der Waals surface area contributed by atoms with Gasteiger partial charge in [0.1, 0.15) is 0 Å². The molecule has 0 aromatic carbocycles. The molecule has 1 heterocycles. The fourth-order valence-electron chi connectivity index (χ4n) is 3.71. The standard InChI is InChI=1S/C16H27N3O/c1-4-16(5-2,20-3)15(19-17)13-10-6-8-12-9-7-11-18-14(12)13/h7,9,11,13,15,19H,4-6,8,10,17H2,1-3H3. The number of hydrogen-bond acceptors (Lipinski definition) is 4. The Morgan fingerprint density at radius 1 is 1.50 bits per heavy atom. The van der Waals surface area contributed by atoms with Gasteiger partial charge in [-0.2, -0.15) is 0 Å². The van der Waals surface area contributed by atoms with Crippen molar-refractivity contribution in [2.75, 3.05) is 7.11 Å². The number of hydrazine groups is 1. The van der Waals surface area contributed by atoms with Crippen molar-refractivity contribution in [2.24, 2.45) is 5.84 Å². The number of pyridine rings is 1. The van der Waals surface area contributed by atoms with Crippen LogP contribution in [0.25, 0.3) is 0 Å². The average molecular weight is 277 g/mol. The van der Waals surface area contributed by atoms with Crippen LogP contribution >= 0.6 is 0 Å². The van der Waals surface area contributed by atoms with E-state index in [1.54, 1.807) is 7.11 Å². The second-order valence-corrected chi connectivity index (χ2v) is 5.67. The first-order valence-electron chi connectivity index (χ1n) is 7.67. The molecule has 4 heteroatoms. The minimum atomic E-state index is -0.231. The molecule has 0 spiro atoms. The molecule has 0 radical (unpaired) electrons. The molecule has 0 fully saturated rings. The first-order chi connectivity index (χ1) is 9.72. The third kappa shape index (κ3) is 2.60. The lowest BCUT2D eigenvalue weighted by molar-refractivity contribution is -0.0562. The fraction of sp³-hybridized carbons (Fsp3) is 0.688. The Kier molecular flexibility index (Phi) is 5.13. The molecule has 2 unspecified atom stereocenters. The van der Waals surface area contributed by atoms with E-state index in [0.29, 0.717) is 5.92 Å². The lowest BCUT2D eigenvalue weighted by atomic mass is 9.73. The van der Waals surface area contributed by atoms with E-state index in [4.69, 9.17) is 10.6 Å². The minimum Gasteiger partial charge on any atom is -0.377 e. The van der Waals surface area contributed by atoms with Crippen LogP contribution < -0.4 is 11.3 Å². The molecule has 3 N–H and O–H groups in total. The quantitative estimate of drug-likeness (QED) is 0.619. The number of ether oxygens (including phenoxy) is 1. The zero-order chi connectivity index (χ0) is 14.6. The summed E-state index contributed by atoms with van der Waals surface area (Å²) in [6.07, 6.45) is 7.19. The molecule has 2 rings (SSSR count). The van der Waals surface area contributed by atoms with Crippen LogP contribution in [0, 0.1) is 0 Å². The number of aryl methyl sites for hydroxylation is 1. The SMILES string of the molecule is CCC(CC)(OC)C(NN)C1CCCc2cccnc21. The highest BCUT2D eigenvalue weighted by molar-refractivity contribution is 5.28. The van der Waals surface area contributed by atoms with Crippen LogP contribution in [0.15, 0.2) is 18.3 Å². The van der Waals surface area contributed by atoms with Gasteiger partial charge in [-0.05, 0) is 43.7 Å². The summed E-state index contributed by atoms with van der Waals surface area (Å²) in [4.78, 5) is 4.63. The van der Waals surface area contributed by atoms with Crippen LogP contribution in [0.2, 0.25) is 0 Å². The maximum absolute atomic E-state index is 5.92. The van der Waals surface area contributed by atoms with Crippen molar-refractivity contribution in [1.82, 2.24) is 10.4 Å². The molecule has 4 nitrogen and oxygen atoms in total. The summed E-state index contributed by atoms with van der Waals surface area (Å²) in [5, 5.41) is 0. The van der Waals surface area contributed by atoms with Gasteiger partial charge in [0.2, 0.25) is 0 Å². The van der Waals surface area contributed by atoms with Crippen molar-refractivity contribution < 1.29 is 4.74 Å². The van der Waals surface area contributed by atoms with Crippen molar-refractivity contribution in [2.45, 2.75) is 63.5 Å². The van der Waals surface area contributed by atoms with Gasteiger partial charge in [0, 0.05) is 24.9 Å². The molecule has 1 aliphatic carbocycles. The number of nitrogens with zero attached hydrogens (tertiary/aromatic N) is 1. The summed E-state index contributed by atoms with van der Waals surface area (Å²) in [6, 6.07) is 4.31. The van der Waals surface area contributed by atoms with Gasteiger partial charge in [-0.3, -0.25) is 16.3 Å². The highest BCUT2D eigenvalue weighted by atomic mass is 16.5. The fourth-order valence-corrected chi connectivity index (χ4v) is 3.71. The number of nitrogens with one attached hydrogen (secondary N) is 1. The first-order valence-corrected chi connectivity index (χ1v) is 7.67. The van der Waals surface area contributed by atoms with Crippen LogP contribution in [0.4, 0.5) is 0 Å². The van der Waals surface area contributed by atoms with Gasteiger partial charge in [-0.25, -0.2) is 0 Å². The first kappa shape index (κ1) is 15.4. The monoisotopic (exact) mass is 277 g/mol. The molecule has 0 saturated heterocycles. The zero-order valence-corrected chi connectivity index (χ0v) is 12.9. The molecule has 0 saturated carbocycles. The van der Waals surface area contributed by atoms with Gasteiger partial charge >= 0.3 is 0 Å². The zero-order valence-electron chi connectivity index (χ0n) is 12.9. The van der Waals surface area contributed by atoms with Crippen molar-refractivity contribution in [1.29, 1.82) is 0 Å². The van der Waals surface area contributed by atoms with E-state index in [-0.39, 0.29) is 11.6 Å². The Bertz CT molecular complexity index is 423. The van der Waals surface area contributed by atoms with Crippen LogP contribution in [0.5, 0.6) is 0 Å². The van der Waals surface area contributed by atoms with Gasteiger partial charge in [0.05, 0.1) is 11.6 Å². The topological polar surface area (TPSA) is 60.2 Å². The van der Waals surface area contributed by atoms with Gasteiger partial charge in [-0.15, -0.1) is 0 Å². The lowest BCUT2D eigenvalue weighted by Crippen LogP contribution is -2.57. The number of fused-ring (bicyclic) bond motifs is 1. The molecule has 2 atom stereocenters. The number of hydrogen-bond donors (Lipinski definition) is 2. The van der Waals surface area contributed by atoms with E-state index in [9.17, 15) is 0 Å². The smallest absolute Gasteiger partial charge is 0.0845 e.